The third kappa shape index (κ3) is 2.04. The van der Waals surface area contributed by atoms with Crippen molar-refractivity contribution in [2.24, 2.45) is 0 Å². The Labute approximate surface area is 138 Å². The molecule has 6 heteroatoms. The molecule has 0 saturated heterocycles. The lowest BCUT2D eigenvalue weighted by Crippen LogP contribution is -2.30. The van der Waals surface area contributed by atoms with Crippen LogP contribution in [-0.2, 0) is 6.42 Å². The highest BCUT2D eigenvalue weighted by Crippen LogP contribution is 2.32. The maximum Gasteiger partial charge on any atom is 0.266 e. The molecule has 3 aromatic rings. The molecule has 0 atom stereocenters. The first kappa shape index (κ1) is 14.3. The van der Waals surface area contributed by atoms with Crippen molar-refractivity contribution < 1.29 is 9.59 Å². The lowest BCUT2D eigenvalue weighted by Gasteiger charge is -2.19. The summed E-state index contributed by atoms with van der Waals surface area (Å²) in [7, 11) is 0. The van der Waals surface area contributed by atoms with Crippen LogP contribution >= 0.6 is 0 Å². The molecule has 2 amide bonds. The Bertz CT molecular complexity index is 912. The van der Waals surface area contributed by atoms with Crippen LogP contribution in [0.25, 0.3) is 5.69 Å². The number of rotatable bonds is 3. The normalized spacial score (nSPS) is 13.5. The number of aryl methyl sites for hydroxylation is 1. The van der Waals surface area contributed by atoms with Gasteiger partial charge in [0.2, 0.25) is 0 Å². The predicted molar refractivity (Wildman–Crippen MR) is 88.3 cm³/mol. The average Bonchev–Trinajstić information content (AvgIpc) is 3.23. The van der Waals surface area contributed by atoms with E-state index in [2.05, 4.69) is 10.2 Å². The third-order valence-electron chi connectivity index (χ3n) is 4.20. The van der Waals surface area contributed by atoms with Gasteiger partial charge in [0.25, 0.3) is 11.8 Å². The number of imide groups is 1. The van der Waals surface area contributed by atoms with Gasteiger partial charge in [0.1, 0.15) is 12.7 Å². The molecule has 1 aliphatic rings. The number of carbonyl (C=O) groups excluding carboxylic acids is 2. The van der Waals surface area contributed by atoms with Crippen molar-refractivity contribution in [3.8, 4) is 5.69 Å². The van der Waals surface area contributed by atoms with Crippen LogP contribution in [-0.4, -0.2) is 26.6 Å². The molecule has 24 heavy (non-hydrogen) atoms. The Kier molecular flexibility index (Phi) is 3.23. The molecule has 0 N–H and O–H groups in total. The molecule has 1 aromatic heterocycles. The second-order valence-electron chi connectivity index (χ2n) is 5.53. The first-order valence-corrected chi connectivity index (χ1v) is 7.66. The molecule has 2 heterocycles. The van der Waals surface area contributed by atoms with Gasteiger partial charge in [-0.1, -0.05) is 25.1 Å². The van der Waals surface area contributed by atoms with E-state index in [9.17, 15) is 9.59 Å². The number of fused-ring (bicyclic) bond motifs is 1. The Hall–Kier alpha value is -3.28. The van der Waals surface area contributed by atoms with Crippen molar-refractivity contribution >= 4 is 17.5 Å². The topological polar surface area (TPSA) is 68.1 Å². The number of anilines is 1. The maximum atomic E-state index is 12.7. The molecule has 0 spiro atoms. The van der Waals surface area contributed by atoms with Crippen LogP contribution in [0.1, 0.15) is 33.2 Å². The van der Waals surface area contributed by atoms with Gasteiger partial charge < -0.3 is 0 Å². The van der Waals surface area contributed by atoms with E-state index in [1.165, 1.54) is 4.90 Å². The minimum Gasteiger partial charge on any atom is -0.288 e. The molecule has 4 rings (SSSR count). The van der Waals surface area contributed by atoms with E-state index in [4.69, 9.17) is 0 Å². The molecule has 0 radical (unpaired) electrons. The maximum absolute atomic E-state index is 12.7. The van der Waals surface area contributed by atoms with Crippen LogP contribution in [0.3, 0.4) is 0 Å². The molecule has 0 unspecified atom stereocenters. The second kappa shape index (κ2) is 5.42. The molecule has 118 valence electrons. The summed E-state index contributed by atoms with van der Waals surface area (Å²) in [6.07, 6.45) is 3.87. The lowest BCUT2D eigenvalue weighted by molar-refractivity contribution is 0.0926. The van der Waals surface area contributed by atoms with Crippen LogP contribution < -0.4 is 4.90 Å². The van der Waals surface area contributed by atoms with Gasteiger partial charge in [-0.05, 0) is 36.2 Å². The Morgan fingerprint density at radius 3 is 2.12 bits per heavy atom. The zero-order valence-electron chi connectivity index (χ0n) is 13.0. The summed E-state index contributed by atoms with van der Waals surface area (Å²) in [6.45, 7) is 2.00. The second-order valence-corrected chi connectivity index (χ2v) is 5.53. The van der Waals surface area contributed by atoms with E-state index >= 15 is 0 Å². The Morgan fingerprint density at radius 2 is 1.54 bits per heavy atom. The minimum absolute atomic E-state index is 0.286. The predicted octanol–water partition coefficient (Wildman–Crippen LogP) is 2.63. The number of hydrogen-bond acceptors (Lipinski definition) is 4. The third-order valence-corrected chi connectivity index (χ3v) is 4.20. The van der Waals surface area contributed by atoms with Crippen molar-refractivity contribution in [2.45, 2.75) is 13.3 Å². The number of hydrogen-bond donors (Lipinski definition) is 0. The van der Waals surface area contributed by atoms with Gasteiger partial charge in [-0.2, -0.15) is 0 Å². The monoisotopic (exact) mass is 318 g/mol. The standard InChI is InChI=1S/C18H14N4O2/c1-2-12-7-8-13(21-10-19-20-11-21)9-16(12)22-17(23)14-5-3-4-6-15(14)18(22)24/h3-11H,2H2,1H3. The van der Waals surface area contributed by atoms with Crippen LogP contribution in [0.15, 0.2) is 55.1 Å². The van der Waals surface area contributed by atoms with Gasteiger partial charge in [-0.25, -0.2) is 4.90 Å². The fraction of sp³-hybridized carbons (Fsp3) is 0.111. The highest BCUT2D eigenvalue weighted by Gasteiger charge is 2.37. The van der Waals surface area contributed by atoms with Crippen LogP contribution in [0.2, 0.25) is 0 Å². The van der Waals surface area contributed by atoms with E-state index in [0.717, 1.165) is 11.3 Å². The van der Waals surface area contributed by atoms with Crippen molar-refractivity contribution in [3.63, 3.8) is 0 Å². The summed E-state index contributed by atoms with van der Waals surface area (Å²) < 4.78 is 1.74. The highest BCUT2D eigenvalue weighted by atomic mass is 16.2. The van der Waals surface area contributed by atoms with E-state index < -0.39 is 0 Å². The lowest BCUT2D eigenvalue weighted by atomic mass is 10.1. The van der Waals surface area contributed by atoms with Gasteiger partial charge >= 0.3 is 0 Å². The largest absolute Gasteiger partial charge is 0.288 e. The molecule has 0 bridgehead atoms. The minimum atomic E-state index is -0.286. The number of carbonyl (C=O) groups is 2. The van der Waals surface area contributed by atoms with Crippen LogP contribution in [0, 0.1) is 0 Å². The summed E-state index contributed by atoms with van der Waals surface area (Å²) in [5.74, 6) is -0.572. The first-order chi connectivity index (χ1) is 11.7. The van der Waals surface area contributed by atoms with Gasteiger partial charge in [0.05, 0.1) is 22.5 Å². The smallest absolute Gasteiger partial charge is 0.266 e. The van der Waals surface area contributed by atoms with Gasteiger partial charge in [0.15, 0.2) is 0 Å². The summed E-state index contributed by atoms with van der Waals surface area (Å²) >= 11 is 0. The van der Waals surface area contributed by atoms with Crippen molar-refractivity contribution in [1.29, 1.82) is 0 Å². The molecular formula is C18H14N4O2. The average molecular weight is 318 g/mol. The van der Waals surface area contributed by atoms with Crippen molar-refractivity contribution in [2.75, 3.05) is 4.90 Å². The summed E-state index contributed by atoms with van der Waals surface area (Å²) in [6, 6.07) is 12.6. The fourth-order valence-corrected chi connectivity index (χ4v) is 2.96. The van der Waals surface area contributed by atoms with Crippen LogP contribution in [0.5, 0.6) is 0 Å². The first-order valence-electron chi connectivity index (χ1n) is 7.66. The quantitative estimate of drug-likeness (QED) is 0.696. The van der Waals surface area contributed by atoms with E-state index in [-0.39, 0.29) is 11.8 Å². The van der Waals surface area contributed by atoms with Crippen molar-refractivity contribution in [1.82, 2.24) is 14.8 Å². The Balaban J connectivity index is 1.86. The highest BCUT2D eigenvalue weighted by molar-refractivity contribution is 6.34. The molecule has 0 fully saturated rings. The van der Waals surface area contributed by atoms with E-state index in [0.29, 0.717) is 23.2 Å². The molecule has 0 saturated carbocycles. The van der Waals surface area contributed by atoms with Crippen molar-refractivity contribution in [3.05, 3.63) is 71.8 Å². The molecule has 1 aliphatic heterocycles. The Morgan fingerprint density at radius 1 is 0.917 bits per heavy atom. The van der Waals surface area contributed by atoms with E-state index in [1.807, 2.05) is 25.1 Å². The van der Waals surface area contributed by atoms with Crippen LogP contribution in [0.4, 0.5) is 5.69 Å². The SMILES string of the molecule is CCc1ccc(-n2cnnc2)cc1N1C(=O)c2ccccc2C1=O. The number of amides is 2. The van der Waals surface area contributed by atoms with Gasteiger partial charge in [-0.15, -0.1) is 10.2 Å². The molecular weight excluding hydrogens is 304 g/mol. The molecule has 6 nitrogen and oxygen atoms in total. The summed E-state index contributed by atoms with van der Waals surface area (Å²) in [5, 5.41) is 7.59. The van der Waals surface area contributed by atoms with E-state index in [1.54, 1.807) is 41.5 Å². The number of nitrogens with zero attached hydrogens (tertiary/aromatic N) is 4. The zero-order valence-corrected chi connectivity index (χ0v) is 13.0. The zero-order chi connectivity index (χ0) is 16.7. The van der Waals surface area contributed by atoms with Gasteiger partial charge in [-0.3, -0.25) is 14.2 Å². The summed E-state index contributed by atoms with van der Waals surface area (Å²) in [4.78, 5) is 26.8. The number of aromatic nitrogens is 3. The molecule has 2 aromatic carbocycles. The summed E-state index contributed by atoms with van der Waals surface area (Å²) in [5.41, 5.74) is 3.22. The van der Waals surface area contributed by atoms with Gasteiger partial charge in [0, 0.05) is 0 Å². The number of benzene rings is 2. The molecule has 0 aliphatic carbocycles. The fourth-order valence-electron chi connectivity index (χ4n) is 2.96.